The van der Waals surface area contributed by atoms with E-state index in [1.807, 2.05) is 31.2 Å². The van der Waals surface area contributed by atoms with Gasteiger partial charge in [-0.05, 0) is 30.7 Å². The Labute approximate surface area is 135 Å². The highest BCUT2D eigenvalue weighted by Crippen LogP contribution is 2.19. The molecule has 0 spiro atoms. The van der Waals surface area contributed by atoms with E-state index in [2.05, 4.69) is 0 Å². The lowest BCUT2D eigenvalue weighted by molar-refractivity contribution is 0.00438. The van der Waals surface area contributed by atoms with Gasteiger partial charge in [-0.3, -0.25) is 0 Å². The molecule has 0 saturated carbocycles. The molecular formula is C18H21FO4. The summed E-state index contributed by atoms with van der Waals surface area (Å²) in [5.41, 5.74) is 1.79. The average molecular weight is 320 g/mol. The summed E-state index contributed by atoms with van der Waals surface area (Å²) >= 11 is 0. The molecule has 1 N–H and O–H groups in total. The third-order valence-electron chi connectivity index (χ3n) is 3.28. The lowest BCUT2D eigenvalue weighted by Crippen LogP contribution is -2.23. The summed E-state index contributed by atoms with van der Waals surface area (Å²) in [5, 5.41) is 9.87. The Kier molecular flexibility index (Phi) is 6.38. The number of methoxy groups -OCH3 is 1. The van der Waals surface area contributed by atoms with E-state index in [9.17, 15) is 9.50 Å². The Bertz CT molecular complexity index is 630. The van der Waals surface area contributed by atoms with Gasteiger partial charge in [-0.1, -0.05) is 24.3 Å². The second kappa shape index (κ2) is 8.50. The predicted molar refractivity (Wildman–Crippen MR) is 85.3 cm³/mol. The Balaban J connectivity index is 1.77. The molecule has 0 fully saturated rings. The first-order chi connectivity index (χ1) is 11.1. The monoisotopic (exact) mass is 320 g/mol. The van der Waals surface area contributed by atoms with E-state index in [1.165, 1.54) is 6.07 Å². The van der Waals surface area contributed by atoms with Crippen molar-refractivity contribution in [3.8, 4) is 11.5 Å². The van der Waals surface area contributed by atoms with E-state index in [4.69, 9.17) is 14.2 Å². The fourth-order valence-electron chi connectivity index (χ4n) is 2.08. The zero-order chi connectivity index (χ0) is 16.7. The summed E-state index contributed by atoms with van der Waals surface area (Å²) in [6, 6.07) is 12.1. The molecule has 2 aromatic rings. The molecule has 0 aliphatic carbocycles. The van der Waals surface area contributed by atoms with E-state index >= 15 is 0 Å². The molecule has 1 atom stereocenters. The Hall–Kier alpha value is -2.11. The van der Waals surface area contributed by atoms with Crippen LogP contribution in [0.1, 0.15) is 11.1 Å². The van der Waals surface area contributed by atoms with E-state index in [-0.39, 0.29) is 19.0 Å². The standard InChI is InChI=1S/C18H21FO4/c1-13-7-8-16(19)18(9-13)23-12-15(20)11-22-10-14-5-3-4-6-17(14)21-2/h3-9,15,20H,10-12H2,1-2H3. The fraction of sp³-hybridized carbons (Fsp3) is 0.333. The minimum atomic E-state index is -0.843. The third-order valence-corrected chi connectivity index (χ3v) is 3.28. The van der Waals surface area contributed by atoms with Crippen molar-refractivity contribution in [2.24, 2.45) is 0 Å². The number of hydrogen-bond acceptors (Lipinski definition) is 4. The van der Waals surface area contributed by atoms with E-state index < -0.39 is 11.9 Å². The maximum absolute atomic E-state index is 13.5. The van der Waals surface area contributed by atoms with Crippen LogP contribution in [-0.4, -0.2) is 31.5 Å². The summed E-state index contributed by atoms with van der Waals surface area (Å²) in [4.78, 5) is 0. The highest BCUT2D eigenvalue weighted by atomic mass is 19.1. The van der Waals surface area contributed by atoms with Crippen LogP contribution in [0.15, 0.2) is 42.5 Å². The van der Waals surface area contributed by atoms with Gasteiger partial charge < -0.3 is 19.3 Å². The predicted octanol–water partition coefficient (Wildman–Crippen LogP) is 3.10. The lowest BCUT2D eigenvalue weighted by Gasteiger charge is -2.14. The van der Waals surface area contributed by atoms with Gasteiger partial charge >= 0.3 is 0 Å². The van der Waals surface area contributed by atoms with Gasteiger partial charge in [-0.2, -0.15) is 0 Å². The van der Waals surface area contributed by atoms with E-state index in [0.29, 0.717) is 6.61 Å². The maximum atomic E-state index is 13.5. The highest BCUT2D eigenvalue weighted by molar-refractivity contribution is 5.32. The number of ether oxygens (including phenoxy) is 3. The molecule has 0 saturated heterocycles. The van der Waals surface area contributed by atoms with Gasteiger partial charge in [0, 0.05) is 5.56 Å². The molecule has 2 aromatic carbocycles. The molecule has 5 heteroatoms. The first-order valence-electron chi connectivity index (χ1n) is 7.37. The quantitative estimate of drug-likeness (QED) is 0.812. The molecule has 0 heterocycles. The molecule has 0 radical (unpaired) electrons. The molecule has 23 heavy (non-hydrogen) atoms. The van der Waals surface area contributed by atoms with Crippen LogP contribution in [0.25, 0.3) is 0 Å². The van der Waals surface area contributed by atoms with Crippen molar-refractivity contribution in [2.75, 3.05) is 20.3 Å². The highest BCUT2D eigenvalue weighted by Gasteiger charge is 2.10. The molecule has 4 nitrogen and oxygen atoms in total. The molecular weight excluding hydrogens is 299 g/mol. The number of aliphatic hydroxyl groups excluding tert-OH is 1. The largest absolute Gasteiger partial charge is 0.496 e. The van der Waals surface area contributed by atoms with E-state index in [1.54, 1.807) is 19.2 Å². The van der Waals surface area contributed by atoms with Crippen LogP contribution in [0.4, 0.5) is 4.39 Å². The lowest BCUT2D eigenvalue weighted by atomic mass is 10.2. The summed E-state index contributed by atoms with van der Waals surface area (Å²) < 4.78 is 29.5. The van der Waals surface area contributed by atoms with Crippen LogP contribution >= 0.6 is 0 Å². The second-order valence-corrected chi connectivity index (χ2v) is 5.23. The first-order valence-corrected chi connectivity index (χ1v) is 7.37. The van der Waals surface area contributed by atoms with Gasteiger partial charge in [0.1, 0.15) is 18.5 Å². The average Bonchev–Trinajstić information content (AvgIpc) is 2.56. The van der Waals surface area contributed by atoms with Crippen LogP contribution in [0.2, 0.25) is 0 Å². The minimum absolute atomic E-state index is 0.0354. The van der Waals surface area contributed by atoms with Gasteiger partial charge in [0.25, 0.3) is 0 Å². The van der Waals surface area contributed by atoms with Gasteiger partial charge in [0.2, 0.25) is 0 Å². The van der Waals surface area contributed by atoms with Crippen LogP contribution in [0.5, 0.6) is 11.5 Å². The van der Waals surface area contributed by atoms with Crippen LogP contribution in [-0.2, 0) is 11.3 Å². The number of aliphatic hydroxyl groups is 1. The number of hydrogen-bond donors (Lipinski definition) is 1. The summed E-state index contributed by atoms with van der Waals surface area (Å²) in [5.74, 6) is 0.423. The Morgan fingerprint density at radius 3 is 2.65 bits per heavy atom. The van der Waals surface area contributed by atoms with Crippen LogP contribution < -0.4 is 9.47 Å². The zero-order valence-electron chi connectivity index (χ0n) is 13.3. The topological polar surface area (TPSA) is 47.9 Å². The van der Waals surface area contributed by atoms with Crippen molar-refractivity contribution >= 4 is 0 Å². The molecule has 124 valence electrons. The number of para-hydroxylation sites is 1. The molecule has 0 bridgehead atoms. The van der Waals surface area contributed by atoms with Gasteiger partial charge in [0.05, 0.1) is 20.3 Å². The van der Waals surface area contributed by atoms with Gasteiger partial charge in [-0.15, -0.1) is 0 Å². The smallest absolute Gasteiger partial charge is 0.165 e. The van der Waals surface area contributed by atoms with Crippen molar-refractivity contribution in [1.82, 2.24) is 0 Å². The Morgan fingerprint density at radius 1 is 1.09 bits per heavy atom. The summed E-state index contributed by atoms with van der Waals surface area (Å²) in [6.45, 7) is 2.22. The minimum Gasteiger partial charge on any atom is -0.496 e. The molecule has 0 aliphatic rings. The summed E-state index contributed by atoms with van der Waals surface area (Å²) in [6.07, 6.45) is -0.843. The van der Waals surface area contributed by atoms with Crippen molar-refractivity contribution in [1.29, 1.82) is 0 Å². The maximum Gasteiger partial charge on any atom is 0.165 e. The van der Waals surface area contributed by atoms with Gasteiger partial charge in [0.15, 0.2) is 11.6 Å². The second-order valence-electron chi connectivity index (χ2n) is 5.23. The van der Waals surface area contributed by atoms with Crippen molar-refractivity contribution in [3.05, 3.63) is 59.4 Å². The molecule has 0 amide bonds. The number of halogens is 1. The van der Waals surface area contributed by atoms with Gasteiger partial charge in [-0.25, -0.2) is 4.39 Å². The van der Waals surface area contributed by atoms with Crippen molar-refractivity contribution in [2.45, 2.75) is 19.6 Å². The van der Waals surface area contributed by atoms with Crippen molar-refractivity contribution in [3.63, 3.8) is 0 Å². The van der Waals surface area contributed by atoms with Crippen LogP contribution in [0, 0.1) is 12.7 Å². The van der Waals surface area contributed by atoms with E-state index in [0.717, 1.165) is 16.9 Å². The van der Waals surface area contributed by atoms with Crippen LogP contribution in [0.3, 0.4) is 0 Å². The first kappa shape index (κ1) is 17.2. The zero-order valence-corrected chi connectivity index (χ0v) is 13.3. The SMILES string of the molecule is COc1ccccc1COCC(O)COc1cc(C)ccc1F. The van der Waals surface area contributed by atoms with Crippen molar-refractivity contribution < 1.29 is 23.7 Å². The molecule has 0 aliphatic heterocycles. The number of rotatable bonds is 8. The summed E-state index contributed by atoms with van der Waals surface area (Å²) in [7, 11) is 1.60. The third kappa shape index (κ3) is 5.23. The molecule has 2 rings (SSSR count). The normalized spacial score (nSPS) is 12.0. The molecule has 0 aromatic heterocycles. The Morgan fingerprint density at radius 2 is 1.87 bits per heavy atom. The number of benzene rings is 2. The number of aryl methyl sites for hydroxylation is 1. The fourth-order valence-corrected chi connectivity index (χ4v) is 2.08. The molecule has 1 unspecified atom stereocenters.